The summed E-state index contributed by atoms with van der Waals surface area (Å²) in [4.78, 5) is 16.7. The average Bonchev–Trinajstić information content (AvgIpc) is 3.84. The number of aliphatic hydroxyl groups excluding tert-OH is 1. The van der Waals surface area contributed by atoms with Crippen molar-refractivity contribution in [3.05, 3.63) is 176 Å². The Morgan fingerprint density at radius 3 is 1.69 bits per heavy atom. The molecular weight excluding hydrogens is 814 g/mol. The molecule has 1 atom stereocenters. The predicted molar refractivity (Wildman–Crippen MR) is 234 cm³/mol. The van der Waals surface area contributed by atoms with E-state index in [0.29, 0.717) is 105 Å². The number of benzene rings is 6. The lowest BCUT2D eigenvalue weighted by Gasteiger charge is -2.30. The van der Waals surface area contributed by atoms with Crippen LogP contribution in [-0.4, -0.2) is 47.4 Å². The molecule has 58 heavy (non-hydrogen) atoms. The van der Waals surface area contributed by atoms with Gasteiger partial charge in [-0.2, -0.15) is 0 Å². The van der Waals surface area contributed by atoms with E-state index in [4.69, 9.17) is 75.6 Å². The fraction of sp³-hybridized carbons (Fsp3) is 0.109. The summed E-state index contributed by atoms with van der Waals surface area (Å²) < 4.78 is 18.9. The second kappa shape index (κ2) is 16.3. The minimum atomic E-state index is -1.72. The van der Waals surface area contributed by atoms with Crippen LogP contribution in [0.15, 0.2) is 143 Å². The van der Waals surface area contributed by atoms with Crippen LogP contribution in [0.2, 0.25) is 20.1 Å². The molecule has 0 spiro atoms. The number of ether oxygens (including phenoxy) is 3. The number of hydrogen-bond donors (Lipinski definition) is 1. The highest BCUT2D eigenvalue weighted by atomic mass is 35.5. The third-order valence-electron chi connectivity index (χ3n) is 9.94. The van der Waals surface area contributed by atoms with Crippen molar-refractivity contribution < 1.29 is 19.3 Å². The summed E-state index contributed by atoms with van der Waals surface area (Å²) in [7, 11) is 4.72. The molecule has 0 bridgehead atoms. The summed E-state index contributed by atoms with van der Waals surface area (Å²) in [5.41, 5.74) is 6.32. The number of halogens is 4. The summed E-state index contributed by atoms with van der Waals surface area (Å²) in [6.07, 6.45) is 0. The smallest absolute Gasteiger partial charge is 0.263 e. The van der Waals surface area contributed by atoms with E-state index in [1.807, 2.05) is 114 Å². The molecule has 12 heteroatoms. The molecule has 0 fully saturated rings. The fourth-order valence-electron chi connectivity index (χ4n) is 7.24. The van der Waals surface area contributed by atoms with E-state index in [9.17, 15) is 5.11 Å². The number of rotatable bonds is 11. The highest BCUT2D eigenvalue weighted by Crippen LogP contribution is 2.50. The minimum Gasteiger partial charge on any atom is -0.496 e. The van der Waals surface area contributed by atoms with Gasteiger partial charge in [-0.3, -0.25) is 4.57 Å². The van der Waals surface area contributed by atoms with Crippen LogP contribution in [0.4, 0.5) is 0 Å². The molecule has 0 amide bonds. The van der Waals surface area contributed by atoms with E-state index >= 15 is 0 Å². The molecule has 0 saturated carbocycles. The first-order valence-corrected chi connectivity index (χ1v) is 19.6. The zero-order valence-corrected chi connectivity index (χ0v) is 34.4. The number of nitrogens with zero attached hydrogens (tertiary/aromatic N) is 4. The molecule has 1 unspecified atom stereocenters. The second-order valence-electron chi connectivity index (χ2n) is 13.2. The van der Waals surface area contributed by atoms with Crippen molar-refractivity contribution in [2.75, 3.05) is 21.3 Å². The zero-order valence-electron chi connectivity index (χ0n) is 31.4. The quantitative estimate of drug-likeness (QED) is 0.140. The van der Waals surface area contributed by atoms with Crippen molar-refractivity contribution in [1.29, 1.82) is 0 Å². The number of imidazole rings is 1. The van der Waals surface area contributed by atoms with Gasteiger partial charge in [-0.1, -0.05) is 113 Å². The molecule has 6 aromatic carbocycles. The maximum Gasteiger partial charge on any atom is 0.263 e. The van der Waals surface area contributed by atoms with Gasteiger partial charge in [0.15, 0.2) is 11.5 Å². The number of hydrogen-bond acceptors (Lipinski definition) is 7. The molecule has 8 rings (SSSR count). The Morgan fingerprint density at radius 1 is 0.552 bits per heavy atom. The van der Waals surface area contributed by atoms with Gasteiger partial charge in [-0.25, -0.2) is 15.0 Å². The standard InChI is InChI=1S/C46H34Cl4N4O4/c1-56-38-22-20-27(24-29(38)26-55)41-43(30-12-4-8-16-34(30)47)53-46(52-41,33-15-7-11-19-37(33)50)54-44(31-13-5-9-17-35(31)48)42(28-21-23-39(57-2)40(25-28)58-3)51-45(54)32-14-6-10-18-36(32)49/h4-25,55H,26H2,1-3H3. The molecule has 7 aromatic rings. The Bertz CT molecular complexity index is 2770. The van der Waals surface area contributed by atoms with Gasteiger partial charge in [0.1, 0.15) is 11.6 Å². The summed E-state index contributed by atoms with van der Waals surface area (Å²) in [6.45, 7) is -0.276. The first-order chi connectivity index (χ1) is 28.2. The van der Waals surface area contributed by atoms with Gasteiger partial charge in [-0.15, -0.1) is 0 Å². The summed E-state index contributed by atoms with van der Waals surface area (Å²) in [5.74, 6) is 0.272. The third-order valence-corrected chi connectivity index (χ3v) is 11.3. The van der Waals surface area contributed by atoms with E-state index in [1.165, 1.54) is 0 Å². The SMILES string of the molecule is COc1ccc(C2=NC(c3ccccc3Cl)(n3c(-c4ccccc4Cl)nc(-c4ccc(OC)c(OC)c4)c3-c3ccccc3Cl)N=C2c2ccccc2Cl)cc1CO. The predicted octanol–water partition coefficient (Wildman–Crippen LogP) is 11.7. The Labute approximate surface area is 355 Å². The Hall–Kier alpha value is -5.61. The lowest BCUT2D eigenvalue weighted by molar-refractivity contribution is 0.274. The van der Waals surface area contributed by atoms with Crippen molar-refractivity contribution in [2.45, 2.75) is 12.4 Å². The molecule has 0 saturated heterocycles. The van der Waals surface area contributed by atoms with Gasteiger partial charge in [-0.05, 0) is 66.7 Å². The maximum absolute atomic E-state index is 10.5. The highest BCUT2D eigenvalue weighted by molar-refractivity contribution is 6.56. The van der Waals surface area contributed by atoms with Gasteiger partial charge in [0.05, 0.1) is 65.8 Å². The Morgan fingerprint density at radius 2 is 1.09 bits per heavy atom. The van der Waals surface area contributed by atoms with Crippen LogP contribution in [0.1, 0.15) is 22.3 Å². The second-order valence-corrected chi connectivity index (χ2v) is 14.8. The van der Waals surface area contributed by atoms with Crippen molar-refractivity contribution in [3.63, 3.8) is 0 Å². The van der Waals surface area contributed by atoms with Gasteiger partial charge in [0, 0.05) is 44.0 Å². The van der Waals surface area contributed by atoms with Gasteiger partial charge in [0.2, 0.25) is 0 Å². The van der Waals surface area contributed by atoms with E-state index < -0.39 is 5.79 Å². The molecule has 1 aromatic heterocycles. The molecule has 290 valence electrons. The van der Waals surface area contributed by atoms with E-state index in [0.717, 1.165) is 0 Å². The van der Waals surface area contributed by atoms with Crippen LogP contribution in [0, 0.1) is 0 Å². The normalized spacial score (nSPS) is 14.9. The third kappa shape index (κ3) is 6.81. The number of methoxy groups -OCH3 is 3. The monoisotopic (exact) mass is 846 g/mol. The van der Waals surface area contributed by atoms with Crippen molar-refractivity contribution >= 4 is 57.8 Å². The summed E-state index contributed by atoms with van der Waals surface area (Å²) >= 11 is 28.6. The molecule has 1 aliphatic heterocycles. The lowest BCUT2D eigenvalue weighted by Crippen LogP contribution is -2.32. The lowest BCUT2D eigenvalue weighted by atomic mass is 9.98. The zero-order chi connectivity index (χ0) is 40.6. The first kappa shape index (κ1) is 39.2. The van der Waals surface area contributed by atoms with Crippen LogP contribution < -0.4 is 14.2 Å². The average molecular weight is 849 g/mol. The molecule has 8 nitrogen and oxygen atoms in total. The number of aromatic nitrogens is 2. The van der Waals surface area contributed by atoms with Crippen molar-refractivity contribution in [3.8, 4) is 51.2 Å². The number of aliphatic hydroxyl groups is 1. The van der Waals surface area contributed by atoms with Crippen molar-refractivity contribution in [1.82, 2.24) is 9.55 Å². The van der Waals surface area contributed by atoms with Crippen LogP contribution >= 0.6 is 46.4 Å². The van der Waals surface area contributed by atoms with E-state index in [-0.39, 0.29) is 6.61 Å². The molecule has 0 aliphatic carbocycles. The summed E-state index contributed by atoms with van der Waals surface area (Å²) in [6, 6.07) is 40.9. The van der Waals surface area contributed by atoms with Crippen LogP contribution in [-0.2, 0) is 12.4 Å². The molecule has 0 radical (unpaired) electrons. The van der Waals surface area contributed by atoms with Gasteiger partial charge >= 0.3 is 0 Å². The molecule has 1 N–H and O–H groups in total. The summed E-state index contributed by atoms with van der Waals surface area (Å²) in [5, 5.41) is 12.2. The minimum absolute atomic E-state index is 0.276. The topological polar surface area (TPSA) is 90.5 Å². The van der Waals surface area contributed by atoms with Crippen LogP contribution in [0.3, 0.4) is 0 Å². The Kier molecular flexibility index (Phi) is 11.0. The Balaban J connectivity index is 1.60. The van der Waals surface area contributed by atoms with Crippen LogP contribution in [0.5, 0.6) is 17.2 Å². The molecular formula is C46H34Cl4N4O4. The van der Waals surface area contributed by atoms with Gasteiger partial charge < -0.3 is 19.3 Å². The van der Waals surface area contributed by atoms with E-state index in [1.54, 1.807) is 45.6 Å². The molecule has 1 aliphatic rings. The molecule has 2 heterocycles. The van der Waals surface area contributed by atoms with Crippen LogP contribution in [0.25, 0.3) is 33.9 Å². The van der Waals surface area contributed by atoms with E-state index in [2.05, 4.69) is 0 Å². The maximum atomic E-state index is 10.5. The first-order valence-electron chi connectivity index (χ1n) is 18.1. The largest absolute Gasteiger partial charge is 0.496 e. The fourth-order valence-corrected chi connectivity index (χ4v) is 8.18. The number of aliphatic imine (C=N–C) groups is 2. The highest BCUT2D eigenvalue weighted by Gasteiger charge is 2.47. The van der Waals surface area contributed by atoms with Crippen molar-refractivity contribution in [2.24, 2.45) is 9.98 Å². The van der Waals surface area contributed by atoms with Gasteiger partial charge in [0.25, 0.3) is 5.79 Å².